The number of benzene rings is 1. The summed E-state index contributed by atoms with van der Waals surface area (Å²) in [5.74, 6) is 0.640. The number of hydrogen-bond donors (Lipinski definition) is 1. The molecule has 0 unspecified atom stereocenters. The first-order valence-corrected chi connectivity index (χ1v) is 8.09. The zero-order chi connectivity index (χ0) is 15.1. The van der Waals surface area contributed by atoms with Gasteiger partial charge in [-0.3, -0.25) is 0 Å². The molecule has 0 radical (unpaired) electrons. The van der Waals surface area contributed by atoms with Crippen LogP contribution in [0.1, 0.15) is 24.5 Å². The van der Waals surface area contributed by atoms with Gasteiger partial charge in [-0.1, -0.05) is 36.7 Å². The molecule has 0 amide bonds. The average Bonchev–Trinajstić information content (AvgIpc) is 2.48. The fourth-order valence-electron chi connectivity index (χ4n) is 1.89. The summed E-state index contributed by atoms with van der Waals surface area (Å²) in [5.41, 5.74) is 1.99. The summed E-state index contributed by atoms with van der Waals surface area (Å²) < 4.78 is 6.78. The molecule has 0 spiro atoms. The highest BCUT2D eigenvalue weighted by atomic mass is 79.9. The predicted octanol–water partition coefficient (Wildman–Crippen LogP) is 4.58. The molecular formula is C16H18BrClN2O. The number of ether oxygens (including phenoxy) is 1. The molecule has 21 heavy (non-hydrogen) atoms. The van der Waals surface area contributed by atoms with E-state index in [9.17, 15) is 0 Å². The summed E-state index contributed by atoms with van der Waals surface area (Å²) in [6, 6.07) is 9.69. The maximum atomic E-state index is 6.14. The van der Waals surface area contributed by atoms with Crippen LogP contribution < -0.4 is 10.1 Å². The van der Waals surface area contributed by atoms with Gasteiger partial charge in [0.25, 0.3) is 0 Å². The quantitative estimate of drug-likeness (QED) is 0.726. The summed E-state index contributed by atoms with van der Waals surface area (Å²) in [4.78, 5) is 4.35. The predicted molar refractivity (Wildman–Crippen MR) is 89.7 cm³/mol. The lowest BCUT2D eigenvalue weighted by molar-refractivity contribution is 0.289. The number of nitrogens with one attached hydrogen (secondary N) is 1. The first-order chi connectivity index (χ1) is 10.2. The highest BCUT2D eigenvalue weighted by Crippen LogP contribution is 2.22. The molecule has 1 aromatic heterocycles. The van der Waals surface area contributed by atoms with Crippen molar-refractivity contribution in [2.45, 2.75) is 26.5 Å². The van der Waals surface area contributed by atoms with Gasteiger partial charge < -0.3 is 10.1 Å². The topological polar surface area (TPSA) is 34.2 Å². The Morgan fingerprint density at radius 1 is 1.29 bits per heavy atom. The second-order valence-electron chi connectivity index (χ2n) is 4.67. The number of pyridine rings is 1. The van der Waals surface area contributed by atoms with Crippen molar-refractivity contribution in [1.29, 1.82) is 0 Å². The standard InChI is InChI=1S/C16H18BrClN2O/c1-2-7-19-9-13-8-14(17)10-20-16(13)21-11-12-5-3-4-6-15(12)18/h3-6,8,10,19H,2,7,9,11H2,1H3. The van der Waals surface area contributed by atoms with E-state index in [-0.39, 0.29) is 0 Å². The van der Waals surface area contributed by atoms with Gasteiger partial charge in [-0.25, -0.2) is 4.98 Å². The van der Waals surface area contributed by atoms with Gasteiger partial charge in [0.2, 0.25) is 5.88 Å². The van der Waals surface area contributed by atoms with Crippen LogP contribution in [0, 0.1) is 0 Å². The Morgan fingerprint density at radius 2 is 2.10 bits per heavy atom. The van der Waals surface area contributed by atoms with Crippen molar-refractivity contribution in [3.05, 3.63) is 57.2 Å². The van der Waals surface area contributed by atoms with Gasteiger partial charge in [0, 0.05) is 33.4 Å². The van der Waals surface area contributed by atoms with Crippen molar-refractivity contribution >= 4 is 27.5 Å². The molecule has 5 heteroatoms. The summed E-state index contributed by atoms with van der Waals surface area (Å²) in [5, 5.41) is 4.07. The second kappa shape index (κ2) is 8.37. The second-order valence-corrected chi connectivity index (χ2v) is 6.00. The number of rotatable bonds is 7. The highest BCUT2D eigenvalue weighted by Gasteiger charge is 2.08. The van der Waals surface area contributed by atoms with E-state index >= 15 is 0 Å². The fourth-order valence-corrected chi connectivity index (χ4v) is 2.46. The number of hydrogen-bond acceptors (Lipinski definition) is 3. The average molecular weight is 370 g/mol. The molecule has 112 valence electrons. The van der Waals surface area contributed by atoms with E-state index < -0.39 is 0 Å². The summed E-state index contributed by atoms with van der Waals surface area (Å²) in [6.45, 7) is 4.25. The van der Waals surface area contributed by atoms with E-state index in [1.807, 2.05) is 30.3 Å². The molecule has 0 saturated carbocycles. The number of halogens is 2. The molecule has 1 aromatic carbocycles. The van der Waals surface area contributed by atoms with Crippen LogP contribution in [0.15, 0.2) is 41.0 Å². The molecule has 0 saturated heterocycles. The molecule has 1 N–H and O–H groups in total. The minimum atomic E-state index is 0.412. The molecular weight excluding hydrogens is 352 g/mol. The minimum Gasteiger partial charge on any atom is -0.473 e. The molecule has 0 fully saturated rings. The van der Waals surface area contributed by atoms with Crippen LogP contribution in [0.2, 0.25) is 5.02 Å². The van der Waals surface area contributed by atoms with Gasteiger partial charge in [-0.2, -0.15) is 0 Å². The van der Waals surface area contributed by atoms with Crippen LogP contribution in [-0.4, -0.2) is 11.5 Å². The Balaban J connectivity index is 2.06. The van der Waals surface area contributed by atoms with E-state index in [1.54, 1.807) is 6.20 Å². The van der Waals surface area contributed by atoms with Crippen molar-refractivity contribution in [1.82, 2.24) is 10.3 Å². The Kier molecular flexibility index (Phi) is 6.49. The van der Waals surface area contributed by atoms with Crippen LogP contribution in [0.5, 0.6) is 5.88 Å². The molecule has 3 nitrogen and oxygen atoms in total. The van der Waals surface area contributed by atoms with Crippen LogP contribution in [0.3, 0.4) is 0 Å². The lowest BCUT2D eigenvalue weighted by Crippen LogP contribution is -2.15. The fraction of sp³-hybridized carbons (Fsp3) is 0.312. The Morgan fingerprint density at radius 3 is 2.86 bits per heavy atom. The van der Waals surface area contributed by atoms with Gasteiger partial charge in [-0.15, -0.1) is 0 Å². The summed E-state index contributed by atoms with van der Waals surface area (Å²) in [6.07, 6.45) is 2.84. The Hall–Kier alpha value is -1.10. The van der Waals surface area contributed by atoms with E-state index in [1.165, 1.54) is 0 Å². The minimum absolute atomic E-state index is 0.412. The van der Waals surface area contributed by atoms with Crippen molar-refractivity contribution in [3.63, 3.8) is 0 Å². The van der Waals surface area contributed by atoms with E-state index in [0.717, 1.165) is 35.1 Å². The zero-order valence-corrected chi connectivity index (χ0v) is 14.2. The maximum Gasteiger partial charge on any atom is 0.218 e. The van der Waals surface area contributed by atoms with Gasteiger partial charge in [0.05, 0.1) is 0 Å². The van der Waals surface area contributed by atoms with Gasteiger partial charge >= 0.3 is 0 Å². The third kappa shape index (κ3) is 4.99. The van der Waals surface area contributed by atoms with E-state index in [0.29, 0.717) is 17.5 Å². The molecule has 0 aliphatic heterocycles. The third-order valence-electron chi connectivity index (χ3n) is 2.96. The molecule has 0 atom stereocenters. The van der Waals surface area contributed by atoms with E-state index in [2.05, 4.69) is 33.2 Å². The Bertz CT molecular complexity index is 592. The lowest BCUT2D eigenvalue weighted by Gasteiger charge is -2.12. The number of nitrogens with zero attached hydrogens (tertiary/aromatic N) is 1. The summed E-state index contributed by atoms with van der Waals surface area (Å²) >= 11 is 9.58. The molecule has 1 heterocycles. The highest BCUT2D eigenvalue weighted by molar-refractivity contribution is 9.10. The maximum absolute atomic E-state index is 6.14. The Labute approximate surface area is 138 Å². The van der Waals surface area contributed by atoms with Crippen LogP contribution in [-0.2, 0) is 13.2 Å². The number of aromatic nitrogens is 1. The largest absolute Gasteiger partial charge is 0.473 e. The van der Waals surface area contributed by atoms with Crippen LogP contribution >= 0.6 is 27.5 Å². The van der Waals surface area contributed by atoms with Gasteiger partial charge in [0.1, 0.15) is 6.61 Å². The molecule has 0 aliphatic rings. The SMILES string of the molecule is CCCNCc1cc(Br)cnc1OCc1ccccc1Cl. The molecule has 0 bridgehead atoms. The lowest BCUT2D eigenvalue weighted by atomic mass is 10.2. The van der Waals surface area contributed by atoms with Gasteiger partial charge in [0.15, 0.2) is 0 Å². The molecule has 2 aromatic rings. The van der Waals surface area contributed by atoms with Crippen molar-refractivity contribution in [2.75, 3.05) is 6.54 Å². The monoisotopic (exact) mass is 368 g/mol. The van der Waals surface area contributed by atoms with Crippen LogP contribution in [0.25, 0.3) is 0 Å². The first-order valence-electron chi connectivity index (χ1n) is 6.92. The summed E-state index contributed by atoms with van der Waals surface area (Å²) in [7, 11) is 0. The van der Waals surface area contributed by atoms with Crippen molar-refractivity contribution < 1.29 is 4.74 Å². The zero-order valence-electron chi connectivity index (χ0n) is 11.9. The van der Waals surface area contributed by atoms with E-state index in [4.69, 9.17) is 16.3 Å². The normalized spacial score (nSPS) is 10.6. The van der Waals surface area contributed by atoms with Gasteiger partial charge in [-0.05, 0) is 41.0 Å². The third-order valence-corrected chi connectivity index (χ3v) is 3.76. The molecule has 2 rings (SSSR count). The van der Waals surface area contributed by atoms with Crippen LogP contribution in [0.4, 0.5) is 0 Å². The first kappa shape index (κ1) is 16.3. The van der Waals surface area contributed by atoms with Crippen molar-refractivity contribution in [2.24, 2.45) is 0 Å². The molecule has 0 aliphatic carbocycles. The van der Waals surface area contributed by atoms with Crippen molar-refractivity contribution in [3.8, 4) is 5.88 Å². The smallest absolute Gasteiger partial charge is 0.218 e.